The van der Waals surface area contributed by atoms with Gasteiger partial charge >= 0.3 is 11.9 Å². The Morgan fingerprint density at radius 3 is 1.13 bits per heavy atom. The van der Waals surface area contributed by atoms with Crippen LogP contribution in [0.4, 0.5) is 13.2 Å². The summed E-state index contributed by atoms with van der Waals surface area (Å²) in [5, 5.41) is 88.2. The van der Waals surface area contributed by atoms with Crippen molar-refractivity contribution < 1.29 is 107 Å². The molecule has 0 aromatic rings. The number of aliphatic hydroxyl groups excluding tert-OH is 4. The van der Waals surface area contributed by atoms with E-state index in [2.05, 4.69) is 58.0 Å². The number of Topliss-reactive ketones (excluding diaryl/α,β-unsaturated/α-hetero) is 3. The van der Waals surface area contributed by atoms with Crippen molar-refractivity contribution in [3.8, 4) is 0 Å². The Morgan fingerprint density at radius 1 is 0.553 bits per heavy atom. The number of carbonyl (C=O) groups is 8. The van der Waals surface area contributed by atoms with Gasteiger partial charge in [-0.1, -0.05) is 99.8 Å². The van der Waals surface area contributed by atoms with Gasteiger partial charge in [-0.05, 0) is 183 Å². The number of carbonyl (C=O) groups excluding carboxylic acids is 8. The molecule has 0 spiro atoms. The Morgan fingerprint density at radius 2 is 0.845 bits per heavy atom. The predicted molar refractivity (Wildman–Crippen MR) is 403 cm³/mol. The van der Waals surface area contributed by atoms with Gasteiger partial charge in [-0.25, -0.2) is 13.2 Å². The number of hydrogen-bond donors (Lipinski definition) is 7. The van der Waals surface area contributed by atoms with E-state index in [1.807, 2.05) is 0 Å². The normalized spacial score (nSPS) is 44.4. The molecule has 0 amide bonds. The van der Waals surface area contributed by atoms with Gasteiger partial charge in [-0.15, -0.1) is 34.1 Å². The fourth-order valence-corrected chi connectivity index (χ4v) is 23.0. The first kappa shape index (κ1) is 87.0. The second-order valence-corrected chi connectivity index (χ2v) is 33.0. The summed E-state index contributed by atoms with van der Waals surface area (Å²) < 4.78 is 61.3. The van der Waals surface area contributed by atoms with E-state index in [9.17, 15) is 84.2 Å². The number of ketones is 6. The largest absolute Gasteiger partial charge is 0.458 e. The van der Waals surface area contributed by atoms with Crippen molar-refractivity contribution in [3.05, 3.63) is 81.5 Å². The van der Waals surface area contributed by atoms with Crippen molar-refractivity contribution in [2.24, 2.45) is 85.8 Å². The number of halogens is 7. The Labute approximate surface area is 648 Å². The van der Waals surface area contributed by atoms with Crippen molar-refractivity contribution >= 4 is 124 Å². The van der Waals surface area contributed by atoms with E-state index in [0.29, 0.717) is 86.3 Å². The van der Waals surface area contributed by atoms with Crippen LogP contribution in [-0.4, -0.2) is 171 Å². The van der Waals surface area contributed by atoms with Gasteiger partial charge in [-0.2, -0.15) is 0 Å². The first-order valence-corrected chi connectivity index (χ1v) is 42.5. The van der Waals surface area contributed by atoms with Gasteiger partial charge in [0.05, 0.1) is 24.9 Å². The fourth-order valence-electron chi connectivity index (χ4n) is 22.8. The topological polar surface area (TPSA) is 349 Å². The number of alkyl halides is 4. The number of esters is 2. The van der Waals surface area contributed by atoms with Crippen LogP contribution in [0.1, 0.15) is 172 Å². The Bertz CT molecular complexity index is 3580. The molecule has 7 N–H and O–H groups in total. The van der Waals surface area contributed by atoms with E-state index in [1.165, 1.54) is 36.5 Å². The van der Waals surface area contributed by atoms with E-state index >= 15 is 13.2 Å². The Balaban J connectivity index is 0.000000213. The van der Waals surface area contributed by atoms with Crippen molar-refractivity contribution in [2.75, 3.05) is 31.8 Å². The quantitative estimate of drug-likeness (QED) is 0.0188. The molecular formula is C75H102BrF3I3NO20. The van der Waals surface area contributed by atoms with Gasteiger partial charge in [0.1, 0.15) is 23.4 Å². The Kier molecular flexibility index (Phi) is 26.4. The lowest BCUT2D eigenvalue weighted by Gasteiger charge is -2.62. The van der Waals surface area contributed by atoms with Crippen LogP contribution < -0.4 is 0 Å². The van der Waals surface area contributed by atoms with Crippen molar-refractivity contribution in [3.63, 3.8) is 0 Å². The zero-order chi connectivity index (χ0) is 75.2. The monoisotopic (exact) mass is 1850 g/mol. The van der Waals surface area contributed by atoms with E-state index in [0.717, 1.165) is 0 Å². The second kappa shape index (κ2) is 31.3. The zero-order valence-electron chi connectivity index (χ0n) is 59.0. The third-order valence-electron chi connectivity index (χ3n) is 28.1. The highest BCUT2D eigenvalue weighted by atomic mass is 128. The molecule has 0 aliphatic heterocycles. The van der Waals surface area contributed by atoms with Gasteiger partial charge in [0.2, 0.25) is 11.6 Å². The minimum atomic E-state index is -2.08. The molecule has 0 aromatic carbocycles. The summed E-state index contributed by atoms with van der Waals surface area (Å²) in [5.41, 5.74) is -16.3. The molecule has 576 valence electrons. The van der Waals surface area contributed by atoms with Gasteiger partial charge in [0.25, 0.3) is 5.09 Å². The highest BCUT2D eigenvalue weighted by Gasteiger charge is 2.79. The van der Waals surface area contributed by atoms with Crippen LogP contribution in [0.25, 0.3) is 0 Å². The molecule has 24 atom stereocenters. The molecule has 24 unspecified atom stereocenters. The number of hydrogen-bond acceptors (Lipinski definition) is 20. The highest BCUT2D eigenvalue weighted by Crippen LogP contribution is 2.74. The molecule has 21 nitrogen and oxygen atoms in total. The summed E-state index contributed by atoms with van der Waals surface area (Å²) in [6.07, 6.45) is 13.2. The Hall–Kier alpha value is -3.22. The summed E-state index contributed by atoms with van der Waals surface area (Å²) >= 11 is 7.49. The van der Waals surface area contributed by atoms with E-state index in [-0.39, 0.29) is 106 Å². The number of fused-ring (bicyclic) bond motifs is 15. The van der Waals surface area contributed by atoms with E-state index in [1.54, 1.807) is 80.5 Å². The van der Waals surface area contributed by atoms with E-state index in [4.69, 9.17) is 9.47 Å². The average molecular weight is 1860 g/mol. The van der Waals surface area contributed by atoms with Crippen LogP contribution >= 0.6 is 77.1 Å². The molecule has 0 radical (unpaired) electrons. The molecule has 103 heavy (non-hydrogen) atoms. The van der Waals surface area contributed by atoms with Gasteiger partial charge < -0.3 is 50.1 Å². The third kappa shape index (κ3) is 13.1. The first-order chi connectivity index (χ1) is 47.0. The van der Waals surface area contributed by atoms with E-state index < -0.39 is 180 Å². The van der Waals surface area contributed by atoms with Crippen LogP contribution in [0, 0.1) is 95.9 Å². The molecule has 9 saturated carbocycles. The maximum atomic E-state index is 17.2. The summed E-state index contributed by atoms with van der Waals surface area (Å²) in [6, 6.07) is 0. The zero-order valence-corrected chi connectivity index (χ0v) is 67.3. The summed E-state index contributed by atoms with van der Waals surface area (Å²) in [7, 11) is 0. The van der Waals surface area contributed by atoms with Crippen LogP contribution in [0.15, 0.2) is 71.4 Å². The summed E-state index contributed by atoms with van der Waals surface area (Å²) in [5.74, 6) is -8.18. The summed E-state index contributed by atoms with van der Waals surface area (Å²) in [6.45, 7) is 13.3. The number of ether oxygens (including phenoxy) is 2. The van der Waals surface area contributed by atoms with Crippen LogP contribution in [0.5, 0.6) is 0 Å². The molecule has 0 bridgehead atoms. The van der Waals surface area contributed by atoms with Crippen LogP contribution in [-0.2, 0) is 52.7 Å². The maximum absolute atomic E-state index is 17.2. The lowest BCUT2D eigenvalue weighted by atomic mass is 9.44. The molecule has 0 saturated heterocycles. The molecule has 12 aliphatic carbocycles. The second-order valence-electron chi connectivity index (χ2n) is 32.2. The first-order valence-electron chi connectivity index (χ1n) is 35.1. The van der Waals surface area contributed by atoms with Crippen molar-refractivity contribution in [1.29, 1.82) is 0 Å². The molecule has 0 heterocycles. The number of aliphatic hydroxyl groups is 7. The lowest BCUT2D eigenvalue weighted by Crippen LogP contribution is -2.69. The molecule has 12 rings (SSSR count). The predicted octanol–water partition coefficient (Wildman–Crippen LogP) is 11.0. The fraction of sp³-hybridized carbons (Fsp3) is 0.733. The third-order valence-corrected chi connectivity index (χ3v) is 28.6. The summed E-state index contributed by atoms with van der Waals surface area (Å²) in [4.78, 5) is 113. The minimum absolute atomic E-state index is 0. The molecule has 28 heteroatoms. The molecular weight excluding hydrogens is 1750 g/mol. The smallest absolute Gasteiger partial charge is 0.306 e. The highest BCUT2D eigenvalue weighted by molar-refractivity contribution is 15.0. The minimum Gasteiger partial charge on any atom is -0.458 e. The lowest BCUT2D eigenvalue weighted by molar-refractivity contribution is -0.757. The molecule has 12 aliphatic rings. The van der Waals surface area contributed by atoms with Gasteiger partial charge in [0, 0.05) is 106 Å². The maximum Gasteiger partial charge on any atom is 0.306 e. The van der Waals surface area contributed by atoms with Crippen LogP contribution in [0.2, 0.25) is 0 Å². The molecule has 0 aromatic heterocycles. The van der Waals surface area contributed by atoms with Crippen LogP contribution in [0.3, 0.4) is 0 Å². The standard InChI is InChI=1S/C26H34BrFO6.C26H34FNO9.C22H29FO5.CH4.I2.HI/c1-15-11-19-18-7-6-16-12-17(29)8-9-23(16,2)25(18,28)20(30)13-24(19,3)26(15,33)21(31)14-34-22(32)5-4-10-27;1-15-11-19-18-7-6-16-12-17(29)8-9-23(16,2)25(18,27)20(30)13-24(19,3)26(15,33)21(31)14-36-22(32)5-4-10-37-28(34)35;1-12-8-16-15-5-4-13-9-14(25)6-7-19(13,2)21(15,23)17(26)10-20(16,3)22(12,28)18(27)11-24;;1-2;/h8-9,12,15,18-20,30,33H,4-7,10-11,13-14H2,1-3H3;8-9,12,15,18-20,30,33H,4-7,10-11,13-14H2,1-3H3;6-7,9,12,15-17,24,26,28H,4-5,8,10-11H2,1-3H3;1H4;;1H. The van der Waals surface area contributed by atoms with Gasteiger partial charge in [-0.3, -0.25) is 38.4 Å². The SMILES string of the molecule is C.CC1CC2C3CCC4=CC(=O)C=CC4(C)C3(F)C(O)CC2(C)C1(O)C(=O)CO.CC1CC2C3CCC4=CC(=O)C=CC4(C)C3(F)C(O)CC2(C)C1(O)C(=O)COC(=O)CCCBr.CC1CC2C3CCC4=CC(=O)C=CC4(C)C3(F)C(O)CC2(C)C1(O)C(=O)COC(=O)CCCO[N+](=O)[O-].I.II. The molecule has 9 fully saturated rings. The van der Waals surface area contributed by atoms with Gasteiger partial charge in [0.15, 0.2) is 53.4 Å². The van der Waals surface area contributed by atoms with Crippen molar-refractivity contribution in [1.82, 2.24) is 0 Å². The van der Waals surface area contributed by atoms with Crippen molar-refractivity contribution in [2.45, 2.75) is 225 Å². The number of rotatable bonds is 16. The number of nitrogens with zero attached hydrogens (tertiary/aromatic N) is 1. The number of allylic oxidation sites excluding steroid dienone is 12. The average Bonchev–Trinajstić information content (AvgIpc) is 1.63.